The molecule has 1 saturated carbocycles. The summed E-state index contributed by atoms with van der Waals surface area (Å²) < 4.78 is 52.7. The number of urea groups is 1. The zero-order valence-corrected chi connectivity index (χ0v) is 32.3. The number of benzene rings is 1. The Morgan fingerprint density at radius 2 is 1.80 bits per heavy atom. The number of halogens is 3. The van der Waals surface area contributed by atoms with Gasteiger partial charge in [0.1, 0.15) is 17.2 Å². The minimum absolute atomic E-state index is 0.0527. The molecule has 0 spiro atoms. The summed E-state index contributed by atoms with van der Waals surface area (Å²) in [5, 5.41) is 14.7. The Morgan fingerprint density at radius 3 is 2.52 bits per heavy atom. The molecule has 2 bridgehead atoms. The number of fused-ring (bicyclic) bond motifs is 4. The lowest BCUT2D eigenvalue weighted by Gasteiger charge is -2.39. The van der Waals surface area contributed by atoms with E-state index in [1.165, 1.54) is 29.0 Å². The maximum Gasteiger partial charge on any atom is 0.343 e. The van der Waals surface area contributed by atoms with Crippen LogP contribution in [-0.2, 0) is 9.53 Å². The van der Waals surface area contributed by atoms with Gasteiger partial charge < -0.3 is 19.9 Å². The lowest BCUT2D eigenvalue weighted by Crippen LogP contribution is -2.58. The van der Waals surface area contributed by atoms with E-state index in [2.05, 4.69) is 30.6 Å². The summed E-state index contributed by atoms with van der Waals surface area (Å²) >= 11 is 0. The van der Waals surface area contributed by atoms with Crippen molar-refractivity contribution in [1.29, 1.82) is 0 Å². The fourth-order valence-electron chi connectivity index (χ4n) is 9.48. The van der Waals surface area contributed by atoms with Crippen LogP contribution in [0.25, 0.3) is 5.65 Å². The first-order valence-corrected chi connectivity index (χ1v) is 20.2. The smallest absolute Gasteiger partial charge is 0.343 e. The third kappa shape index (κ3) is 6.68. The summed E-state index contributed by atoms with van der Waals surface area (Å²) in [7, 11) is 0. The van der Waals surface area contributed by atoms with E-state index in [0.717, 1.165) is 43.7 Å². The normalized spacial score (nSPS) is 24.7. The van der Waals surface area contributed by atoms with Crippen molar-refractivity contribution in [3.8, 4) is 0 Å². The van der Waals surface area contributed by atoms with Crippen LogP contribution in [0.2, 0.25) is 0 Å². The molecule has 2 N–H and O–H groups in total. The van der Waals surface area contributed by atoms with Crippen molar-refractivity contribution in [3.63, 3.8) is 0 Å². The number of amides is 6. The molecule has 3 aromatic heterocycles. The zero-order chi connectivity index (χ0) is 41.4. The van der Waals surface area contributed by atoms with E-state index in [0.29, 0.717) is 67.4 Å². The molecule has 21 heteroatoms. The summed E-state index contributed by atoms with van der Waals surface area (Å²) in [6, 6.07) is 3.74. The summed E-state index contributed by atoms with van der Waals surface area (Å²) in [6.45, 7) is 4.44. The van der Waals surface area contributed by atoms with Crippen LogP contribution in [0.4, 0.5) is 35.2 Å². The Bertz CT molecular complexity index is 2430. The molecule has 2 atom stereocenters. The molecule has 0 unspecified atom stereocenters. The number of ether oxygens (including phenoxy) is 1. The number of piperazine rings is 1. The third-order valence-corrected chi connectivity index (χ3v) is 12.6. The number of nitrogens with one attached hydrogen (secondary N) is 2. The number of imide groups is 2. The van der Waals surface area contributed by atoms with Gasteiger partial charge in [0.05, 0.1) is 54.4 Å². The number of anilines is 3. The van der Waals surface area contributed by atoms with E-state index in [4.69, 9.17) is 9.72 Å². The van der Waals surface area contributed by atoms with Gasteiger partial charge >= 0.3 is 6.03 Å². The fraction of sp³-hybridized carbons (Fsp3) is 0.487. The van der Waals surface area contributed by atoms with Gasteiger partial charge in [0.15, 0.2) is 11.3 Å². The molecule has 10 rings (SSSR count). The molecule has 314 valence electrons. The molecule has 6 amide bonds. The molecule has 4 saturated heterocycles. The van der Waals surface area contributed by atoms with E-state index in [-0.39, 0.29) is 48.0 Å². The van der Waals surface area contributed by atoms with Gasteiger partial charge in [-0.2, -0.15) is 15.2 Å². The Labute approximate surface area is 340 Å². The van der Waals surface area contributed by atoms with Gasteiger partial charge in [-0.3, -0.25) is 34.1 Å². The van der Waals surface area contributed by atoms with Crippen LogP contribution in [0.15, 0.2) is 36.8 Å². The number of carbonyl (C=O) groups excluding carboxylic acids is 5. The van der Waals surface area contributed by atoms with Crippen LogP contribution in [0.1, 0.15) is 87.8 Å². The van der Waals surface area contributed by atoms with Crippen molar-refractivity contribution in [2.24, 2.45) is 5.92 Å². The lowest BCUT2D eigenvalue weighted by molar-refractivity contribution is -0.122. The molecule has 6 aliphatic rings. The third-order valence-electron chi connectivity index (χ3n) is 12.6. The van der Waals surface area contributed by atoms with Crippen LogP contribution >= 0.6 is 0 Å². The molecule has 0 radical (unpaired) electrons. The standard InChI is InChI=1S/C39H41F3N12O6/c40-28-15-23(14-26-32(28)38(58)54(37(26)57)53-8-6-31(55)46-39(53)59)49-11-9-48(10-12-49)17-21-1-3-22(4-2-21)52-19-29(33(47-52)34(41)42)44-36(56)27-16-43-51-7-5-30(45-35(27)51)50-18-25-13-24(50)20-60-25/h5,7,14-16,19,21-22,24-25,34H,1-4,6,8-13,17-18,20H2,(H,44,56)(H,46,55,59)/t21?,22?,24-,25-/m1/s1. The van der Waals surface area contributed by atoms with Gasteiger partial charge in [-0.1, -0.05) is 0 Å². The topological polar surface area (TPSA) is 183 Å². The van der Waals surface area contributed by atoms with E-state index in [1.807, 2.05) is 11.0 Å². The molecular weight excluding hydrogens is 790 g/mol. The number of morpholine rings is 1. The Hall–Kier alpha value is -6.09. The van der Waals surface area contributed by atoms with Gasteiger partial charge in [-0.15, -0.1) is 0 Å². The van der Waals surface area contributed by atoms with Gasteiger partial charge in [0.25, 0.3) is 24.1 Å². The minimum atomic E-state index is -2.90. The van der Waals surface area contributed by atoms with E-state index in [9.17, 15) is 32.8 Å². The number of hydrogen-bond acceptors (Lipinski definition) is 12. The van der Waals surface area contributed by atoms with Crippen molar-refractivity contribution in [2.45, 2.75) is 63.1 Å². The molecule has 60 heavy (non-hydrogen) atoms. The highest BCUT2D eigenvalue weighted by atomic mass is 19.3. The molecule has 8 heterocycles. The van der Waals surface area contributed by atoms with Crippen molar-refractivity contribution in [3.05, 3.63) is 65.0 Å². The molecule has 1 aromatic carbocycles. The minimum Gasteiger partial charge on any atom is -0.374 e. The van der Waals surface area contributed by atoms with Crippen LogP contribution < -0.4 is 20.4 Å². The summed E-state index contributed by atoms with van der Waals surface area (Å²) in [4.78, 5) is 75.0. The highest BCUT2D eigenvalue weighted by Crippen LogP contribution is 2.37. The van der Waals surface area contributed by atoms with Crippen molar-refractivity contribution >= 4 is 52.5 Å². The lowest BCUT2D eigenvalue weighted by atomic mass is 9.85. The maximum atomic E-state index is 15.4. The van der Waals surface area contributed by atoms with Gasteiger partial charge in [-0.05, 0) is 56.2 Å². The highest BCUT2D eigenvalue weighted by Gasteiger charge is 2.45. The van der Waals surface area contributed by atoms with Gasteiger partial charge in [0, 0.05) is 63.8 Å². The number of hydrogen-bond donors (Lipinski definition) is 2. The second kappa shape index (κ2) is 14.9. The Kier molecular flexibility index (Phi) is 9.45. The van der Waals surface area contributed by atoms with E-state index in [1.54, 1.807) is 10.9 Å². The van der Waals surface area contributed by atoms with Crippen LogP contribution in [0.5, 0.6) is 0 Å². The number of carbonyl (C=O) groups is 5. The number of alkyl halides is 2. The maximum absolute atomic E-state index is 15.4. The summed E-state index contributed by atoms with van der Waals surface area (Å²) in [5.74, 6) is -2.71. The summed E-state index contributed by atoms with van der Waals surface area (Å²) in [6.07, 6.45) is 5.83. The fourth-order valence-corrected chi connectivity index (χ4v) is 9.48. The Morgan fingerprint density at radius 1 is 1.00 bits per heavy atom. The van der Waals surface area contributed by atoms with Crippen molar-refractivity contribution < 1.29 is 41.9 Å². The zero-order valence-electron chi connectivity index (χ0n) is 32.3. The van der Waals surface area contributed by atoms with E-state index < -0.39 is 53.2 Å². The number of hydrazine groups is 1. The molecule has 18 nitrogen and oxygen atoms in total. The monoisotopic (exact) mass is 830 g/mol. The van der Waals surface area contributed by atoms with Crippen LogP contribution in [0, 0.1) is 11.7 Å². The average molecular weight is 831 g/mol. The SMILES string of the molecule is O=C1CCN(N2C(=O)c3cc(N4CCN(CC5CCC(n6cc(NC(=O)c7cnn8ccc(N9C[C@H]%10C[C@@H]9CO%10)nc78)c(C(F)F)n6)CC5)CC4)cc(F)c3C2=O)C(=O)N1. The first-order chi connectivity index (χ1) is 29.0. The average Bonchev–Trinajstić information content (AvgIpc) is 4.08. The quantitative estimate of drug-likeness (QED) is 0.236. The van der Waals surface area contributed by atoms with Crippen LogP contribution in [0.3, 0.4) is 0 Å². The first kappa shape index (κ1) is 38.1. The second-order valence-electron chi connectivity index (χ2n) is 16.2. The van der Waals surface area contributed by atoms with Gasteiger partial charge in [0.2, 0.25) is 5.91 Å². The largest absolute Gasteiger partial charge is 0.374 e. The molecule has 5 aliphatic heterocycles. The number of rotatable bonds is 9. The molecule has 4 aromatic rings. The first-order valence-electron chi connectivity index (χ1n) is 20.2. The highest BCUT2D eigenvalue weighted by molar-refractivity contribution is 6.22. The Balaban J connectivity index is 0.739. The summed E-state index contributed by atoms with van der Waals surface area (Å²) in [5.41, 5.74) is -0.147. The number of nitrogens with zero attached hydrogens (tertiary/aromatic N) is 10. The predicted molar refractivity (Wildman–Crippen MR) is 205 cm³/mol. The molecule has 1 aliphatic carbocycles. The number of aromatic nitrogens is 5. The van der Waals surface area contributed by atoms with Crippen LogP contribution in [-0.4, -0.2) is 134 Å². The molecule has 5 fully saturated rings. The molecular formula is C39H41F3N12O6. The van der Waals surface area contributed by atoms with Crippen molar-refractivity contribution in [1.82, 2.24) is 44.6 Å². The van der Waals surface area contributed by atoms with Crippen molar-refractivity contribution in [2.75, 3.05) is 67.5 Å². The second-order valence-corrected chi connectivity index (χ2v) is 16.2. The van der Waals surface area contributed by atoms with Gasteiger partial charge in [-0.25, -0.2) is 32.5 Å². The van der Waals surface area contributed by atoms with E-state index >= 15 is 4.39 Å². The predicted octanol–water partition coefficient (Wildman–Crippen LogP) is 3.24.